The van der Waals surface area contributed by atoms with E-state index in [4.69, 9.17) is 11.5 Å². The number of carbonyl (C=O) groups excluding carboxylic acids is 1. The zero-order chi connectivity index (χ0) is 14.1. The Morgan fingerprint density at radius 2 is 2.15 bits per heavy atom. The van der Waals surface area contributed by atoms with Crippen LogP contribution in [0.15, 0.2) is 24.5 Å². The van der Waals surface area contributed by atoms with Gasteiger partial charge in [-0.25, -0.2) is 9.97 Å². The quantitative estimate of drug-likeness (QED) is 0.796. The van der Waals surface area contributed by atoms with Crippen molar-refractivity contribution in [1.29, 1.82) is 0 Å². The van der Waals surface area contributed by atoms with Crippen LogP contribution in [0.1, 0.15) is 19.3 Å². The third kappa shape index (κ3) is 2.13. The van der Waals surface area contributed by atoms with E-state index in [0.717, 1.165) is 42.5 Å². The fraction of sp³-hybridized carbons (Fsp3) is 0.357. The molecule has 0 radical (unpaired) electrons. The van der Waals surface area contributed by atoms with E-state index in [9.17, 15) is 4.79 Å². The molecule has 6 nitrogen and oxygen atoms in total. The second-order valence-corrected chi connectivity index (χ2v) is 5.08. The maximum Gasteiger partial charge on any atom is 0.240 e. The number of carbonyl (C=O) groups is 1. The van der Waals surface area contributed by atoms with Gasteiger partial charge < -0.3 is 16.4 Å². The summed E-state index contributed by atoms with van der Waals surface area (Å²) in [6.07, 6.45) is 4.32. The Bertz CT molecular complexity index is 657. The molecule has 20 heavy (non-hydrogen) atoms. The molecule has 4 N–H and O–H groups in total. The van der Waals surface area contributed by atoms with Gasteiger partial charge in [-0.1, -0.05) is 0 Å². The van der Waals surface area contributed by atoms with E-state index in [2.05, 4.69) is 9.97 Å². The average molecular weight is 271 g/mol. The molecule has 104 valence electrons. The number of nitrogens with two attached hydrogens (primary N) is 2. The highest BCUT2D eigenvalue weighted by Crippen LogP contribution is 2.29. The summed E-state index contributed by atoms with van der Waals surface area (Å²) >= 11 is 0. The number of piperidine rings is 1. The Labute approximate surface area is 116 Å². The van der Waals surface area contributed by atoms with Crippen LogP contribution >= 0.6 is 0 Å². The minimum Gasteiger partial charge on any atom is -0.399 e. The molecule has 1 aliphatic heterocycles. The Hall–Kier alpha value is -2.37. The van der Waals surface area contributed by atoms with Gasteiger partial charge in [-0.3, -0.25) is 4.79 Å². The number of primary amides is 1. The van der Waals surface area contributed by atoms with Crippen LogP contribution in [0, 0.1) is 0 Å². The van der Waals surface area contributed by atoms with Gasteiger partial charge in [-0.2, -0.15) is 0 Å². The van der Waals surface area contributed by atoms with Crippen molar-refractivity contribution in [3.63, 3.8) is 0 Å². The molecule has 2 aromatic rings. The predicted molar refractivity (Wildman–Crippen MR) is 78.1 cm³/mol. The lowest BCUT2D eigenvalue weighted by molar-refractivity contribution is -0.119. The number of hydrogen-bond donors (Lipinski definition) is 2. The second-order valence-electron chi connectivity index (χ2n) is 5.08. The first-order valence-electron chi connectivity index (χ1n) is 6.73. The van der Waals surface area contributed by atoms with Crippen molar-refractivity contribution in [3.05, 3.63) is 24.5 Å². The number of rotatable bonds is 2. The first-order valence-corrected chi connectivity index (χ1v) is 6.73. The minimum absolute atomic E-state index is 0.292. The standard InChI is InChI=1S/C14H17N5O/c15-9-4-5-10-11(7-9)17-8-18-14(10)19-6-2-1-3-12(19)13(16)20/h4-5,7-8,12H,1-3,6,15H2,(H2,16,20). The van der Waals surface area contributed by atoms with Crippen LogP contribution in [0.25, 0.3) is 10.9 Å². The van der Waals surface area contributed by atoms with E-state index in [-0.39, 0.29) is 11.9 Å². The largest absolute Gasteiger partial charge is 0.399 e. The fourth-order valence-corrected chi connectivity index (χ4v) is 2.77. The van der Waals surface area contributed by atoms with Crippen molar-refractivity contribution in [2.24, 2.45) is 5.73 Å². The van der Waals surface area contributed by atoms with Gasteiger partial charge in [0.15, 0.2) is 0 Å². The Morgan fingerprint density at radius 3 is 2.95 bits per heavy atom. The third-order valence-corrected chi connectivity index (χ3v) is 3.74. The number of nitrogen functional groups attached to an aromatic ring is 1. The molecule has 3 rings (SSSR count). The van der Waals surface area contributed by atoms with Crippen LogP contribution in [0.3, 0.4) is 0 Å². The molecule has 0 saturated carbocycles. The topological polar surface area (TPSA) is 98.1 Å². The molecule has 0 aliphatic carbocycles. The van der Waals surface area contributed by atoms with Crippen LogP contribution in [0.5, 0.6) is 0 Å². The lowest BCUT2D eigenvalue weighted by Gasteiger charge is -2.35. The van der Waals surface area contributed by atoms with E-state index in [1.807, 2.05) is 23.1 Å². The number of aromatic nitrogens is 2. The SMILES string of the molecule is NC(=O)C1CCCCN1c1ncnc2cc(N)ccc12. The molecular weight excluding hydrogens is 254 g/mol. The van der Waals surface area contributed by atoms with E-state index < -0.39 is 0 Å². The predicted octanol–water partition coefficient (Wildman–Crippen LogP) is 1.06. The molecule has 1 aliphatic rings. The Kier molecular flexibility index (Phi) is 3.14. The number of benzene rings is 1. The van der Waals surface area contributed by atoms with Crippen molar-refractivity contribution in [2.75, 3.05) is 17.2 Å². The molecule has 1 fully saturated rings. The first-order chi connectivity index (χ1) is 9.66. The molecule has 0 bridgehead atoms. The molecule has 6 heteroatoms. The lowest BCUT2D eigenvalue weighted by Crippen LogP contribution is -2.48. The molecule has 0 spiro atoms. The highest BCUT2D eigenvalue weighted by Gasteiger charge is 2.29. The van der Waals surface area contributed by atoms with Crippen molar-refractivity contribution < 1.29 is 4.79 Å². The Morgan fingerprint density at radius 1 is 1.30 bits per heavy atom. The van der Waals surface area contributed by atoms with Crippen molar-refractivity contribution in [1.82, 2.24) is 9.97 Å². The minimum atomic E-state index is -0.299. The number of amides is 1. The zero-order valence-electron chi connectivity index (χ0n) is 11.1. The van der Waals surface area contributed by atoms with Crippen LogP contribution in [0.2, 0.25) is 0 Å². The van der Waals surface area contributed by atoms with Gasteiger partial charge in [0.1, 0.15) is 18.2 Å². The van der Waals surface area contributed by atoms with Gasteiger partial charge in [-0.15, -0.1) is 0 Å². The van der Waals surface area contributed by atoms with Gasteiger partial charge in [0.05, 0.1) is 5.52 Å². The number of hydrogen-bond acceptors (Lipinski definition) is 5. The van der Waals surface area contributed by atoms with Crippen molar-refractivity contribution >= 4 is 28.3 Å². The van der Waals surface area contributed by atoms with Gasteiger partial charge in [0.2, 0.25) is 5.91 Å². The smallest absolute Gasteiger partial charge is 0.240 e. The second kappa shape index (κ2) is 4.96. The fourth-order valence-electron chi connectivity index (χ4n) is 2.77. The molecule has 1 unspecified atom stereocenters. The number of nitrogens with zero attached hydrogens (tertiary/aromatic N) is 3. The summed E-state index contributed by atoms with van der Waals surface area (Å²) in [6.45, 7) is 0.782. The van der Waals surface area contributed by atoms with E-state index in [1.54, 1.807) is 0 Å². The summed E-state index contributed by atoms with van der Waals surface area (Å²) in [5, 5.41) is 0.898. The van der Waals surface area contributed by atoms with Crippen molar-refractivity contribution in [2.45, 2.75) is 25.3 Å². The molecule has 1 amide bonds. The summed E-state index contributed by atoms with van der Waals surface area (Å²) < 4.78 is 0. The first kappa shape index (κ1) is 12.7. The molecule has 1 aromatic heterocycles. The van der Waals surface area contributed by atoms with Crippen LogP contribution < -0.4 is 16.4 Å². The normalized spacial score (nSPS) is 19.2. The number of anilines is 2. The van der Waals surface area contributed by atoms with Crippen LogP contribution in [-0.4, -0.2) is 28.5 Å². The summed E-state index contributed by atoms with van der Waals surface area (Å²) in [5.41, 5.74) is 12.7. The summed E-state index contributed by atoms with van der Waals surface area (Å²) in [7, 11) is 0. The van der Waals surface area contributed by atoms with Crippen molar-refractivity contribution in [3.8, 4) is 0 Å². The van der Waals surface area contributed by atoms with Crippen LogP contribution in [0.4, 0.5) is 11.5 Å². The van der Waals surface area contributed by atoms with E-state index in [0.29, 0.717) is 5.69 Å². The molecule has 2 heterocycles. The molecule has 1 saturated heterocycles. The lowest BCUT2D eigenvalue weighted by atomic mass is 10.0. The molecule has 1 atom stereocenters. The van der Waals surface area contributed by atoms with E-state index >= 15 is 0 Å². The summed E-state index contributed by atoms with van der Waals surface area (Å²) in [4.78, 5) is 22.2. The molecule has 1 aromatic carbocycles. The third-order valence-electron chi connectivity index (χ3n) is 3.74. The van der Waals surface area contributed by atoms with Gasteiger partial charge in [0.25, 0.3) is 0 Å². The Balaban J connectivity index is 2.10. The monoisotopic (exact) mass is 271 g/mol. The highest BCUT2D eigenvalue weighted by atomic mass is 16.1. The maximum atomic E-state index is 11.6. The van der Waals surface area contributed by atoms with E-state index in [1.165, 1.54) is 6.33 Å². The highest BCUT2D eigenvalue weighted by molar-refractivity contribution is 5.93. The van der Waals surface area contributed by atoms with Gasteiger partial charge in [0, 0.05) is 17.6 Å². The summed E-state index contributed by atoms with van der Waals surface area (Å²) in [6, 6.07) is 5.23. The van der Waals surface area contributed by atoms with Crippen LogP contribution in [-0.2, 0) is 4.79 Å². The average Bonchev–Trinajstić information content (AvgIpc) is 2.46. The zero-order valence-corrected chi connectivity index (χ0v) is 11.1. The van der Waals surface area contributed by atoms with Gasteiger partial charge >= 0.3 is 0 Å². The maximum absolute atomic E-state index is 11.6. The number of fused-ring (bicyclic) bond motifs is 1. The van der Waals surface area contributed by atoms with Gasteiger partial charge in [-0.05, 0) is 37.5 Å². The summed E-state index contributed by atoms with van der Waals surface area (Å²) in [5.74, 6) is 0.463. The molecular formula is C14H17N5O.